The quantitative estimate of drug-likeness (QED) is 0.681. The van der Waals surface area contributed by atoms with Gasteiger partial charge in [0.2, 0.25) is 5.91 Å². The first kappa shape index (κ1) is 12.7. The fraction of sp³-hybridized carbons (Fsp3) is 0.667. The number of carbonyl (C=O) groups is 1. The monoisotopic (exact) mass is 222 g/mol. The standard InChI is InChI=1S/C12H20N3O/c1-2-7-14-12(16)6-4-3-5-9-15-10-8-13-11-15/h10-11H,2-7,9H2,1H3,(H,14,16). The Morgan fingerprint density at radius 1 is 1.44 bits per heavy atom. The van der Waals surface area contributed by atoms with Crippen LogP contribution in [0.25, 0.3) is 0 Å². The van der Waals surface area contributed by atoms with Crippen LogP contribution in [-0.2, 0) is 11.3 Å². The zero-order valence-corrected chi connectivity index (χ0v) is 9.91. The summed E-state index contributed by atoms with van der Waals surface area (Å²) in [4.78, 5) is 15.1. The third-order valence-electron chi connectivity index (χ3n) is 2.40. The molecular formula is C12H20N3O. The van der Waals surface area contributed by atoms with Crippen molar-refractivity contribution in [2.75, 3.05) is 6.54 Å². The van der Waals surface area contributed by atoms with E-state index in [4.69, 9.17) is 0 Å². The van der Waals surface area contributed by atoms with Crippen LogP contribution in [0.5, 0.6) is 0 Å². The van der Waals surface area contributed by atoms with E-state index < -0.39 is 0 Å². The Bertz CT molecular complexity index is 282. The number of nitrogens with one attached hydrogen (secondary N) is 1. The largest absolute Gasteiger partial charge is 0.356 e. The number of amides is 1. The maximum Gasteiger partial charge on any atom is 0.219 e. The molecule has 4 nitrogen and oxygen atoms in total. The molecule has 89 valence electrons. The van der Waals surface area contributed by atoms with Gasteiger partial charge in [0.15, 0.2) is 0 Å². The van der Waals surface area contributed by atoms with Gasteiger partial charge in [-0.3, -0.25) is 4.79 Å². The summed E-state index contributed by atoms with van der Waals surface area (Å²) in [7, 11) is 0. The van der Waals surface area contributed by atoms with Crippen molar-refractivity contribution < 1.29 is 4.79 Å². The lowest BCUT2D eigenvalue weighted by Crippen LogP contribution is -2.23. The van der Waals surface area contributed by atoms with E-state index in [0.29, 0.717) is 6.42 Å². The van der Waals surface area contributed by atoms with E-state index in [2.05, 4.69) is 23.4 Å². The molecule has 0 unspecified atom stereocenters. The van der Waals surface area contributed by atoms with Gasteiger partial charge in [-0.1, -0.05) is 13.3 Å². The number of rotatable bonds is 8. The zero-order chi connectivity index (χ0) is 11.6. The van der Waals surface area contributed by atoms with E-state index in [0.717, 1.165) is 38.8 Å². The summed E-state index contributed by atoms with van der Waals surface area (Å²) in [6, 6.07) is 0. The number of unbranched alkanes of at least 4 members (excludes halogenated alkanes) is 2. The minimum absolute atomic E-state index is 0.179. The maximum atomic E-state index is 11.3. The van der Waals surface area contributed by atoms with Gasteiger partial charge < -0.3 is 9.88 Å². The van der Waals surface area contributed by atoms with Crippen LogP contribution in [0.3, 0.4) is 0 Å². The van der Waals surface area contributed by atoms with Gasteiger partial charge in [0, 0.05) is 25.7 Å². The van der Waals surface area contributed by atoms with E-state index in [1.807, 2.05) is 10.8 Å². The molecule has 0 saturated heterocycles. The molecule has 0 aliphatic heterocycles. The Morgan fingerprint density at radius 3 is 3.00 bits per heavy atom. The minimum Gasteiger partial charge on any atom is -0.356 e. The Morgan fingerprint density at radius 2 is 2.31 bits per heavy atom. The first-order valence-electron chi connectivity index (χ1n) is 5.97. The van der Waals surface area contributed by atoms with Crippen molar-refractivity contribution in [2.45, 2.75) is 45.6 Å². The molecular weight excluding hydrogens is 202 g/mol. The van der Waals surface area contributed by atoms with Crippen LogP contribution in [-0.4, -0.2) is 22.0 Å². The van der Waals surface area contributed by atoms with Gasteiger partial charge in [0.25, 0.3) is 0 Å². The highest BCUT2D eigenvalue weighted by Gasteiger charge is 1.99. The number of aromatic nitrogens is 2. The summed E-state index contributed by atoms with van der Waals surface area (Å²) in [5, 5.41) is 2.88. The molecule has 1 N–H and O–H groups in total. The van der Waals surface area contributed by atoms with Crippen molar-refractivity contribution in [1.29, 1.82) is 0 Å². The molecule has 1 aromatic rings. The second-order valence-electron chi connectivity index (χ2n) is 3.90. The van der Waals surface area contributed by atoms with Crippen molar-refractivity contribution in [3.05, 3.63) is 18.7 Å². The van der Waals surface area contributed by atoms with Gasteiger partial charge in [0.1, 0.15) is 6.20 Å². The van der Waals surface area contributed by atoms with E-state index >= 15 is 0 Å². The summed E-state index contributed by atoms with van der Waals surface area (Å²) in [5.74, 6) is 0.179. The van der Waals surface area contributed by atoms with Gasteiger partial charge in [-0.15, -0.1) is 0 Å². The van der Waals surface area contributed by atoms with Gasteiger partial charge in [-0.2, -0.15) is 0 Å². The number of carbonyl (C=O) groups excluding carboxylic acids is 1. The molecule has 4 heteroatoms. The highest BCUT2D eigenvalue weighted by molar-refractivity contribution is 5.75. The van der Waals surface area contributed by atoms with Crippen LogP contribution >= 0.6 is 0 Å². The van der Waals surface area contributed by atoms with Crippen LogP contribution in [0.2, 0.25) is 0 Å². The van der Waals surface area contributed by atoms with Crippen LogP contribution in [0.15, 0.2) is 12.5 Å². The van der Waals surface area contributed by atoms with E-state index in [-0.39, 0.29) is 5.91 Å². The predicted octanol–water partition coefficient (Wildman–Crippen LogP) is 1.77. The minimum atomic E-state index is 0.179. The average Bonchev–Trinajstić information content (AvgIpc) is 2.79. The molecule has 1 amide bonds. The molecule has 0 saturated carbocycles. The summed E-state index contributed by atoms with van der Waals surface area (Å²) in [6.07, 6.45) is 11.2. The number of hydrogen-bond donors (Lipinski definition) is 1. The summed E-state index contributed by atoms with van der Waals surface area (Å²) < 4.78 is 2.01. The molecule has 1 aromatic heterocycles. The fourth-order valence-electron chi connectivity index (χ4n) is 1.48. The van der Waals surface area contributed by atoms with Crippen molar-refractivity contribution in [1.82, 2.24) is 14.9 Å². The number of imidazole rings is 1. The van der Waals surface area contributed by atoms with Crippen LogP contribution in [0.4, 0.5) is 0 Å². The van der Waals surface area contributed by atoms with Crippen molar-refractivity contribution in [3.8, 4) is 0 Å². The van der Waals surface area contributed by atoms with Gasteiger partial charge in [0.05, 0.1) is 6.33 Å². The molecule has 0 atom stereocenters. The second-order valence-corrected chi connectivity index (χ2v) is 3.90. The van der Waals surface area contributed by atoms with Gasteiger partial charge >= 0.3 is 0 Å². The Labute approximate surface area is 97.1 Å². The molecule has 0 fully saturated rings. The van der Waals surface area contributed by atoms with E-state index in [1.54, 1.807) is 6.33 Å². The molecule has 0 aliphatic rings. The molecule has 0 aromatic carbocycles. The van der Waals surface area contributed by atoms with E-state index in [9.17, 15) is 4.79 Å². The molecule has 16 heavy (non-hydrogen) atoms. The molecule has 0 spiro atoms. The topological polar surface area (TPSA) is 46.9 Å². The predicted molar refractivity (Wildman–Crippen MR) is 62.8 cm³/mol. The van der Waals surface area contributed by atoms with Gasteiger partial charge in [-0.05, 0) is 19.3 Å². The molecule has 1 radical (unpaired) electrons. The normalized spacial score (nSPS) is 10.3. The fourth-order valence-corrected chi connectivity index (χ4v) is 1.48. The van der Waals surface area contributed by atoms with Crippen molar-refractivity contribution >= 4 is 5.91 Å². The number of hydrogen-bond acceptors (Lipinski definition) is 2. The maximum absolute atomic E-state index is 11.3. The first-order valence-corrected chi connectivity index (χ1v) is 5.97. The highest BCUT2D eigenvalue weighted by atomic mass is 16.1. The number of aryl methyl sites for hydroxylation is 1. The second kappa shape index (κ2) is 7.91. The summed E-state index contributed by atoms with van der Waals surface area (Å²) >= 11 is 0. The Balaban J connectivity index is 1.93. The van der Waals surface area contributed by atoms with Crippen molar-refractivity contribution in [3.63, 3.8) is 0 Å². The summed E-state index contributed by atoms with van der Waals surface area (Å²) in [5.41, 5.74) is 0. The molecule has 1 rings (SSSR count). The summed E-state index contributed by atoms with van der Waals surface area (Å²) in [6.45, 7) is 3.82. The third-order valence-corrected chi connectivity index (χ3v) is 2.40. The molecule has 0 bridgehead atoms. The van der Waals surface area contributed by atoms with E-state index in [1.165, 1.54) is 0 Å². The molecule has 1 heterocycles. The lowest BCUT2D eigenvalue weighted by atomic mass is 10.2. The lowest BCUT2D eigenvalue weighted by molar-refractivity contribution is -0.121. The smallest absolute Gasteiger partial charge is 0.219 e. The highest BCUT2D eigenvalue weighted by Crippen LogP contribution is 2.02. The third kappa shape index (κ3) is 5.53. The number of nitrogens with zero attached hydrogens (tertiary/aromatic N) is 2. The van der Waals surface area contributed by atoms with Crippen LogP contribution < -0.4 is 5.32 Å². The molecule has 0 aliphatic carbocycles. The SMILES string of the molecule is CCCNC(=O)CCCCCn1c[c]nc1. The average molecular weight is 222 g/mol. The zero-order valence-electron chi connectivity index (χ0n) is 9.91. The Hall–Kier alpha value is -1.32. The lowest BCUT2D eigenvalue weighted by Gasteiger charge is -2.04. The van der Waals surface area contributed by atoms with Crippen LogP contribution in [0, 0.1) is 6.20 Å². The Kier molecular flexibility index (Phi) is 6.30. The van der Waals surface area contributed by atoms with Gasteiger partial charge in [-0.25, -0.2) is 4.98 Å². The first-order chi connectivity index (χ1) is 7.83. The van der Waals surface area contributed by atoms with Crippen LogP contribution in [0.1, 0.15) is 39.0 Å². The van der Waals surface area contributed by atoms with Crippen molar-refractivity contribution in [2.24, 2.45) is 0 Å².